The zero-order valence-corrected chi connectivity index (χ0v) is 8.16. The molecule has 14 heavy (non-hydrogen) atoms. The summed E-state index contributed by atoms with van der Waals surface area (Å²) in [6.07, 6.45) is 2.36. The molecule has 1 fully saturated rings. The molecule has 0 aromatic carbocycles. The molecule has 4 heteroatoms. The van der Waals surface area contributed by atoms with Crippen molar-refractivity contribution in [3.05, 3.63) is 24.0 Å². The minimum absolute atomic E-state index is 0.563. The van der Waals surface area contributed by atoms with Gasteiger partial charge in [-0.05, 0) is 19.0 Å². The molecule has 2 heterocycles. The van der Waals surface area contributed by atoms with Gasteiger partial charge in [0.1, 0.15) is 11.4 Å². The third kappa shape index (κ3) is 1.58. The van der Waals surface area contributed by atoms with Gasteiger partial charge >= 0.3 is 0 Å². The van der Waals surface area contributed by atoms with Gasteiger partial charge in [0.25, 0.3) is 0 Å². The van der Waals surface area contributed by atoms with Crippen molar-refractivity contribution < 1.29 is 9.84 Å². The fraction of sp³-hybridized carbons (Fsp3) is 0.500. The fourth-order valence-electron chi connectivity index (χ4n) is 1.69. The van der Waals surface area contributed by atoms with E-state index in [1.54, 1.807) is 25.4 Å². The molecule has 4 nitrogen and oxygen atoms in total. The first-order chi connectivity index (χ1) is 6.74. The van der Waals surface area contributed by atoms with Gasteiger partial charge in [-0.1, -0.05) is 0 Å². The predicted molar refractivity (Wildman–Crippen MR) is 52.2 cm³/mol. The van der Waals surface area contributed by atoms with E-state index in [9.17, 15) is 5.11 Å². The van der Waals surface area contributed by atoms with Crippen molar-refractivity contribution in [2.24, 2.45) is 0 Å². The second-order valence-corrected chi connectivity index (χ2v) is 3.54. The van der Waals surface area contributed by atoms with Gasteiger partial charge in [0.05, 0.1) is 12.8 Å². The van der Waals surface area contributed by atoms with Crippen LogP contribution in [-0.4, -0.2) is 30.3 Å². The Kier molecular flexibility index (Phi) is 2.39. The molecular weight excluding hydrogens is 180 g/mol. The van der Waals surface area contributed by atoms with Gasteiger partial charge < -0.3 is 15.2 Å². The summed E-state index contributed by atoms with van der Waals surface area (Å²) in [5.74, 6) is 0.732. The zero-order chi connectivity index (χ0) is 10.0. The predicted octanol–water partition coefficient (Wildman–Crippen LogP) is 0.271. The van der Waals surface area contributed by atoms with Crippen LogP contribution in [0.3, 0.4) is 0 Å². The lowest BCUT2D eigenvalue weighted by molar-refractivity contribution is 0.0539. The normalized spacial score (nSPS) is 26.4. The van der Waals surface area contributed by atoms with E-state index in [0.29, 0.717) is 18.7 Å². The van der Waals surface area contributed by atoms with Crippen LogP contribution in [-0.2, 0) is 5.60 Å². The number of ether oxygens (including phenoxy) is 1. The van der Waals surface area contributed by atoms with Crippen LogP contribution in [0.15, 0.2) is 18.3 Å². The number of hydrogen-bond acceptors (Lipinski definition) is 4. The average Bonchev–Trinajstić information content (AvgIpc) is 2.67. The first-order valence-corrected chi connectivity index (χ1v) is 4.68. The number of aromatic nitrogens is 1. The summed E-state index contributed by atoms with van der Waals surface area (Å²) in [6.45, 7) is 1.39. The number of rotatable bonds is 2. The lowest BCUT2D eigenvalue weighted by Crippen LogP contribution is -2.29. The molecule has 0 aliphatic carbocycles. The number of pyridine rings is 1. The summed E-state index contributed by atoms with van der Waals surface area (Å²) < 4.78 is 5.09. The SMILES string of the molecule is COc1ccnc(C2(O)CCNC2)c1. The minimum Gasteiger partial charge on any atom is -0.497 e. The smallest absolute Gasteiger partial charge is 0.122 e. The molecule has 0 amide bonds. The van der Waals surface area contributed by atoms with Crippen molar-refractivity contribution in [2.75, 3.05) is 20.2 Å². The molecule has 1 aliphatic heterocycles. The molecule has 0 bridgehead atoms. The van der Waals surface area contributed by atoms with Gasteiger partial charge in [0.15, 0.2) is 0 Å². The first kappa shape index (κ1) is 9.43. The van der Waals surface area contributed by atoms with E-state index in [1.807, 2.05) is 0 Å². The van der Waals surface area contributed by atoms with E-state index in [2.05, 4.69) is 10.3 Å². The number of methoxy groups -OCH3 is 1. The van der Waals surface area contributed by atoms with Gasteiger partial charge in [0.2, 0.25) is 0 Å². The third-order valence-corrected chi connectivity index (χ3v) is 2.58. The maximum Gasteiger partial charge on any atom is 0.122 e. The average molecular weight is 194 g/mol. The van der Waals surface area contributed by atoms with E-state index < -0.39 is 5.60 Å². The number of hydrogen-bond donors (Lipinski definition) is 2. The summed E-state index contributed by atoms with van der Waals surface area (Å²) in [5, 5.41) is 13.3. The molecule has 1 saturated heterocycles. The van der Waals surface area contributed by atoms with Crippen molar-refractivity contribution in [3.8, 4) is 5.75 Å². The highest BCUT2D eigenvalue weighted by Gasteiger charge is 2.34. The number of nitrogens with one attached hydrogen (secondary N) is 1. The molecule has 76 valence electrons. The maximum absolute atomic E-state index is 10.2. The summed E-state index contributed by atoms with van der Waals surface area (Å²) in [6, 6.07) is 3.56. The topological polar surface area (TPSA) is 54.4 Å². The fourth-order valence-corrected chi connectivity index (χ4v) is 1.69. The van der Waals surface area contributed by atoms with Crippen LogP contribution in [0, 0.1) is 0 Å². The van der Waals surface area contributed by atoms with Crippen molar-refractivity contribution in [3.63, 3.8) is 0 Å². The molecule has 1 aromatic heterocycles. The van der Waals surface area contributed by atoms with Crippen molar-refractivity contribution in [2.45, 2.75) is 12.0 Å². The van der Waals surface area contributed by atoms with Crippen LogP contribution in [0.4, 0.5) is 0 Å². The van der Waals surface area contributed by atoms with Gasteiger partial charge in [-0.3, -0.25) is 4.98 Å². The molecule has 0 spiro atoms. The molecular formula is C10H14N2O2. The van der Waals surface area contributed by atoms with Crippen LogP contribution in [0.5, 0.6) is 5.75 Å². The molecule has 1 aliphatic rings. The van der Waals surface area contributed by atoms with Crippen LogP contribution in [0.25, 0.3) is 0 Å². The van der Waals surface area contributed by atoms with E-state index in [4.69, 9.17) is 4.74 Å². The standard InChI is InChI=1S/C10H14N2O2/c1-14-8-2-4-12-9(6-8)10(13)3-5-11-7-10/h2,4,6,11,13H,3,5,7H2,1H3. The van der Waals surface area contributed by atoms with E-state index >= 15 is 0 Å². The molecule has 2 N–H and O–H groups in total. The second-order valence-electron chi connectivity index (χ2n) is 3.54. The number of aliphatic hydroxyl groups is 1. The van der Waals surface area contributed by atoms with E-state index in [-0.39, 0.29) is 0 Å². The molecule has 0 saturated carbocycles. The number of β-amino-alcohol motifs (C(OH)–C–C–N with tert-alkyl or cyclic N) is 1. The van der Waals surface area contributed by atoms with Crippen LogP contribution < -0.4 is 10.1 Å². The van der Waals surface area contributed by atoms with Gasteiger partial charge in [-0.15, -0.1) is 0 Å². The van der Waals surface area contributed by atoms with Crippen LogP contribution in [0.1, 0.15) is 12.1 Å². The highest BCUT2D eigenvalue weighted by atomic mass is 16.5. The van der Waals surface area contributed by atoms with Crippen LogP contribution in [0.2, 0.25) is 0 Å². The monoisotopic (exact) mass is 194 g/mol. The Morgan fingerprint density at radius 2 is 2.50 bits per heavy atom. The Bertz CT molecular complexity index is 322. The van der Waals surface area contributed by atoms with Crippen molar-refractivity contribution in [1.29, 1.82) is 0 Å². The highest BCUT2D eigenvalue weighted by molar-refractivity contribution is 5.27. The Labute approximate surface area is 82.9 Å². The lowest BCUT2D eigenvalue weighted by Gasteiger charge is -2.20. The Balaban J connectivity index is 2.30. The number of nitrogens with zero attached hydrogens (tertiary/aromatic N) is 1. The molecule has 1 aromatic rings. The van der Waals surface area contributed by atoms with Gasteiger partial charge in [0, 0.05) is 18.8 Å². The maximum atomic E-state index is 10.2. The molecule has 0 radical (unpaired) electrons. The minimum atomic E-state index is -0.825. The summed E-state index contributed by atoms with van der Waals surface area (Å²) in [4.78, 5) is 4.17. The van der Waals surface area contributed by atoms with Crippen molar-refractivity contribution in [1.82, 2.24) is 10.3 Å². The van der Waals surface area contributed by atoms with Gasteiger partial charge in [-0.25, -0.2) is 0 Å². The summed E-state index contributed by atoms with van der Waals surface area (Å²) >= 11 is 0. The lowest BCUT2D eigenvalue weighted by atomic mass is 9.98. The Hall–Kier alpha value is -1.13. The Morgan fingerprint density at radius 1 is 1.64 bits per heavy atom. The largest absolute Gasteiger partial charge is 0.497 e. The summed E-state index contributed by atoms with van der Waals surface area (Å²) in [7, 11) is 1.61. The van der Waals surface area contributed by atoms with Crippen LogP contribution >= 0.6 is 0 Å². The van der Waals surface area contributed by atoms with Gasteiger partial charge in [-0.2, -0.15) is 0 Å². The van der Waals surface area contributed by atoms with Crippen molar-refractivity contribution >= 4 is 0 Å². The highest BCUT2D eigenvalue weighted by Crippen LogP contribution is 2.27. The first-order valence-electron chi connectivity index (χ1n) is 4.68. The van der Waals surface area contributed by atoms with E-state index in [1.165, 1.54) is 0 Å². The zero-order valence-electron chi connectivity index (χ0n) is 8.16. The third-order valence-electron chi connectivity index (χ3n) is 2.58. The summed E-state index contributed by atoms with van der Waals surface area (Å²) in [5.41, 5.74) is -0.143. The quantitative estimate of drug-likeness (QED) is 0.709. The Morgan fingerprint density at radius 3 is 3.14 bits per heavy atom. The second kappa shape index (κ2) is 3.55. The molecule has 1 unspecified atom stereocenters. The molecule has 2 rings (SSSR count). The molecule has 1 atom stereocenters. The van der Waals surface area contributed by atoms with E-state index in [0.717, 1.165) is 12.3 Å².